The van der Waals surface area contributed by atoms with Crippen LogP contribution in [0.1, 0.15) is 33.6 Å². The van der Waals surface area contributed by atoms with Gasteiger partial charge in [-0.2, -0.15) is 0 Å². The Bertz CT molecular complexity index is 143. The number of carboxylic acid groups (broad SMARTS) is 1. The summed E-state index contributed by atoms with van der Waals surface area (Å²) in [5.74, 6) is -1.11. The van der Waals surface area contributed by atoms with Gasteiger partial charge in [-0.1, -0.05) is 13.8 Å². The number of carboxylic acids is 1. The average Bonchev–Trinajstić information content (AvgIpc) is 1.87. The Balaban J connectivity index is 3.93. The van der Waals surface area contributed by atoms with Gasteiger partial charge in [0.15, 0.2) is 0 Å². The third-order valence-corrected chi connectivity index (χ3v) is 2.00. The molecule has 0 saturated carbocycles. The molecule has 3 heteroatoms. The Kier molecular flexibility index (Phi) is 3.52. The van der Waals surface area contributed by atoms with Crippen molar-refractivity contribution in [2.45, 2.75) is 39.2 Å². The number of carbonyl (C=O) groups is 1. The monoisotopic (exact) mass is 159 g/mol. The Labute approximate surface area is 67.6 Å². The molecule has 0 aliphatic rings. The fraction of sp³-hybridized carbons (Fsp3) is 0.875. The van der Waals surface area contributed by atoms with Gasteiger partial charge < -0.3 is 10.8 Å². The first-order valence-electron chi connectivity index (χ1n) is 3.90. The van der Waals surface area contributed by atoms with E-state index in [9.17, 15) is 4.79 Å². The van der Waals surface area contributed by atoms with Gasteiger partial charge in [0.1, 0.15) is 0 Å². The van der Waals surface area contributed by atoms with Gasteiger partial charge in [0, 0.05) is 5.54 Å². The molecular weight excluding hydrogens is 142 g/mol. The van der Waals surface area contributed by atoms with Gasteiger partial charge in [-0.15, -0.1) is 0 Å². The number of hydrogen-bond acceptors (Lipinski definition) is 2. The molecule has 3 N–H and O–H groups in total. The highest BCUT2D eigenvalue weighted by Gasteiger charge is 2.22. The number of aliphatic carboxylic acids is 1. The van der Waals surface area contributed by atoms with Crippen molar-refractivity contribution in [3.63, 3.8) is 0 Å². The fourth-order valence-corrected chi connectivity index (χ4v) is 0.931. The van der Waals surface area contributed by atoms with Crippen LogP contribution in [0.4, 0.5) is 0 Å². The van der Waals surface area contributed by atoms with Crippen LogP contribution < -0.4 is 5.73 Å². The second kappa shape index (κ2) is 3.72. The van der Waals surface area contributed by atoms with Crippen molar-refractivity contribution in [3.05, 3.63) is 0 Å². The van der Waals surface area contributed by atoms with Crippen molar-refractivity contribution in [1.29, 1.82) is 0 Å². The highest BCUT2D eigenvalue weighted by Crippen LogP contribution is 2.16. The van der Waals surface area contributed by atoms with E-state index >= 15 is 0 Å². The quantitative estimate of drug-likeness (QED) is 0.648. The third-order valence-electron chi connectivity index (χ3n) is 2.00. The summed E-state index contributed by atoms with van der Waals surface area (Å²) in [6.45, 7) is 5.53. The largest absolute Gasteiger partial charge is 0.481 e. The summed E-state index contributed by atoms with van der Waals surface area (Å²) in [5, 5.41) is 8.59. The highest BCUT2D eigenvalue weighted by molar-refractivity contribution is 5.69. The molecule has 0 spiro atoms. The first-order chi connectivity index (χ1) is 4.89. The molecule has 0 rings (SSSR count). The van der Waals surface area contributed by atoms with Crippen LogP contribution in [0.3, 0.4) is 0 Å². The zero-order valence-electron chi connectivity index (χ0n) is 7.42. The summed E-state index contributed by atoms with van der Waals surface area (Å²) < 4.78 is 0. The van der Waals surface area contributed by atoms with Crippen molar-refractivity contribution in [2.24, 2.45) is 11.7 Å². The van der Waals surface area contributed by atoms with E-state index in [4.69, 9.17) is 10.8 Å². The van der Waals surface area contributed by atoms with Gasteiger partial charge >= 0.3 is 5.97 Å². The summed E-state index contributed by atoms with van der Waals surface area (Å²) in [4.78, 5) is 10.4. The third kappa shape index (κ3) is 3.98. The lowest BCUT2D eigenvalue weighted by Crippen LogP contribution is -2.38. The predicted octanol–water partition coefficient (Wildman–Crippen LogP) is 1.22. The maximum absolute atomic E-state index is 10.4. The molecule has 0 aliphatic carbocycles. The van der Waals surface area contributed by atoms with Crippen LogP contribution in [0.5, 0.6) is 0 Å². The van der Waals surface area contributed by atoms with Crippen molar-refractivity contribution < 1.29 is 9.90 Å². The maximum atomic E-state index is 10.4. The van der Waals surface area contributed by atoms with Crippen molar-refractivity contribution in [1.82, 2.24) is 0 Å². The van der Waals surface area contributed by atoms with Crippen LogP contribution in [0, 0.1) is 5.92 Å². The Morgan fingerprint density at radius 3 is 2.45 bits per heavy atom. The maximum Gasteiger partial charge on any atom is 0.306 e. The Hall–Kier alpha value is -0.570. The first kappa shape index (κ1) is 10.4. The minimum Gasteiger partial charge on any atom is -0.481 e. The lowest BCUT2D eigenvalue weighted by molar-refractivity contribution is -0.141. The van der Waals surface area contributed by atoms with Crippen LogP contribution in [-0.4, -0.2) is 16.6 Å². The van der Waals surface area contributed by atoms with Crippen LogP contribution >= 0.6 is 0 Å². The highest BCUT2D eigenvalue weighted by atomic mass is 16.4. The molecular formula is C8H17NO2. The lowest BCUT2D eigenvalue weighted by atomic mass is 9.89. The van der Waals surface area contributed by atoms with E-state index in [1.165, 1.54) is 0 Å². The average molecular weight is 159 g/mol. The van der Waals surface area contributed by atoms with Crippen molar-refractivity contribution >= 4 is 5.97 Å². The van der Waals surface area contributed by atoms with Crippen molar-refractivity contribution in [3.8, 4) is 0 Å². The Morgan fingerprint density at radius 1 is 1.73 bits per heavy atom. The molecule has 0 radical (unpaired) electrons. The van der Waals surface area contributed by atoms with Gasteiger partial charge in [-0.3, -0.25) is 4.79 Å². The standard InChI is InChI=1S/C8H17NO2/c1-4-8(3,9)5-6(2)7(10)11/h6H,4-5,9H2,1-3H3,(H,10,11). The van der Waals surface area contributed by atoms with Crippen LogP contribution in [0.2, 0.25) is 0 Å². The molecule has 11 heavy (non-hydrogen) atoms. The van der Waals surface area contributed by atoms with Gasteiger partial charge in [-0.05, 0) is 19.8 Å². The summed E-state index contributed by atoms with van der Waals surface area (Å²) in [7, 11) is 0. The minimum atomic E-state index is -0.768. The topological polar surface area (TPSA) is 63.3 Å². The van der Waals surface area contributed by atoms with Crippen molar-refractivity contribution in [2.75, 3.05) is 0 Å². The van der Waals surface area contributed by atoms with Gasteiger partial charge in [0.25, 0.3) is 0 Å². The van der Waals surface area contributed by atoms with E-state index in [-0.39, 0.29) is 11.5 Å². The smallest absolute Gasteiger partial charge is 0.306 e. The van der Waals surface area contributed by atoms with Crippen LogP contribution in [0.15, 0.2) is 0 Å². The van der Waals surface area contributed by atoms with Gasteiger partial charge in [0.2, 0.25) is 0 Å². The van der Waals surface area contributed by atoms with E-state index in [0.717, 1.165) is 6.42 Å². The molecule has 0 amide bonds. The van der Waals surface area contributed by atoms with E-state index in [1.54, 1.807) is 6.92 Å². The number of nitrogens with two attached hydrogens (primary N) is 1. The molecule has 0 aliphatic heterocycles. The van der Waals surface area contributed by atoms with E-state index in [1.807, 2.05) is 13.8 Å². The summed E-state index contributed by atoms with van der Waals surface area (Å²) >= 11 is 0. The molecule has 0 heterocycles. The van der Waals surface area contributed by atoms with Gasteiger partial charge in [0.05, 0.1) is 5.92 Å². The number of hydrogen-bond donors (Lipinski definition) is 2. The molecule has 66 valence electrons. The zero-order chi connectivity index (χ0) is 9.07. The van der Waals surface area contributed by atoms with E-state index < -0.39 is 5.97 Å². The first-order valence-corrected chi connectivity index (χ1v) is 3.90. The summed E-state index contributed by atoms with van der Waals surface area (Å²) in [6, 6.07) is 0. The summed E-state index contributed by atoms with van der Waals surface area (Å²) in [5.41, 5.74) is 5.46. The Morgan fingerprint density at radius 2 is 2.18 bits per heavy atom. The number of rotatable bonds is 4. The second-order valence-corrected chi connectivity index (χ2v) is 3.45. The van der Waals surface area contributed by atoms with Crippen LogP contribution in [0.25, 0.3) is 0 Å². The van der Waals surface area contributed by atoms with E-state index in [0.29, 0.717) is 6.42 Å². The van der Waals surface area contributed by atoms with Gasteiger partial charge in [-0.25, -0.2) is 0 Å². The SMILES string of the molecule is CCC(C)(N)CC(C)C(=O)O. The normalized spacial score (nSPS) is 18.9. The molecule has 0 fully saturated rings. The molecule has 2 unspecified atom stereocenters. The predicted molar refractivity (Wildman–Crippen MR) is 44.3 cm³/mol. The molecule has 0 bridgehead atoms. The molecule has 0 aromatic carbocycles. The second-order valence-electron chi connectivity index (χ2n) is 3.45. The molecule has 0 aromatic heterocycles. The lowest BCUT2D eigenvalue weighted by Gasteiger charge is -2.24. The molecule has 0 saturated heterocycles. The molecule has 0 aromatic rings. The minimum absolute atomic E-state index is 0.336. The van der Waals surface area contributed by atoms with Crippen LogP contribution in [-0.2, 0) is 4.79 Å². The molecule has 3 nitrogen and oxygen atoms in total. The van der Waals surface area contributed by atoms with E-state index in [2.05, 4.69) is 0 Å². The zero-order valence-corrected chi connectivity index (χ0v) is 7.42. The molecule has 2 atom stereocenters. The summed E-state index contributed by atoms with van der Waals surface area (Å²) in [6.07, 6.45) is 1.35. The fourth-order valence-electron chi connectivity index (χ4n) is 0.931.